The Bertz CT molecular complexity index is 513. The van der Waals surface area contributed by atoms with E-state index in [1.165, 1.54) is 39.4 Å². The second-order valence-corrected chi connectivity index (χ2v) is 5.60. The van der Waals surface area contributed by atoms with Crippen LogP contribution in [0.15, 0.2) is 30.3 Å². The van der Waals surface area contributed by atoms with Crippen molar-refractivity contribution >= 4 is 17.0 Å². The van der Waals surface area contributed by atoms with Gasteiger partial charge >= 0.3 is 0 Å². The van der Waals surface area contributed by atoms with E-state index in [4.69, 9.17) is 0 Å². The zero-order chi connectivity index (χ0) is 11.0. The van der Waals surface area contributed by atoms with E-state index in [2.05, 4.69) is 42.6 Å². The highest BCUT2D eigenvalue weighted by molar-refractivity contribution is 7.15. The fourth-order valence-corrected chi connectivity index (χ4v) is 3.08. The predicted molar refractivity (Wildman–Crippen MR) is 71.3 cm³/mol. The van der Waals surface area contributed by atoms with E-state index in [-0.39, 0.29) is 0 Å². The topological polar surface area (TPSA) is 12.0 Å². The van der Waals surface area contributed by atoms with Gasteiger partial charge in [-0.15, -0.1) is 11.3 Å². The molecule has 0 unspecified atom stereocenters. The lowest BCUT2D eigenvalue weighted by Gasteiger charge is -2.18. The van der Waals surface area contributed by atoms with Gasteiger partial charge in [0.2, 0.25) is 0 Å². The fourth-order valence-electron chi connectivity index (χ4n) is 2.22. The molecule has 0 saturated carbocycles. The highest BCUT2D eigenvalue weighted by Crippen LogP contribution is 2.32. The van der Waals surface area contributed by atoms with Crippen LogP contribution in [0.25, 0.3) is 10.4 Å². The number of aryl methyl sites for hydroxylation is 2. The number of nitrogens with one attached hydrogen (secondary N) is 1. The lowest BCUT2D eigenvalue weighted by molar-refractivity contribution is 0.831. The Morgan fingerprint density at radius 3 is 2.94 bits per heavy atom. The molecule has 1 aliphatic rings. The standard InChI is InChI=1S/C14H15NS/c1-10-4-7-14(16-10)12-5-6-13-11(9-12)3-2-8-15-13/h4-7,9,15H,2-3,8H2,1H3. The Balaban J connectivity index is 2.02. The molecule has 1 aliphatic heterocycles. The van der Waals surface area contributed by atoms with Gasteiger partial charge in [-0.3, -0.25) is 0 Å². The zero-order valence-electron chi connectivity index (χ0n) is 9.42. The molecule has 1 N–H and O–H groups in total. The van der Waals surface area contributed by atoms with Crippen molar-refractivity contribution in [1.82, 2.24) is 0 Å². The summed E-state index contributed by atoms with van der Waals surface area (Å²) in [7, 11) is 0. The lowest BCUT2D eigenvalue weighted by Crippen LogP contribution is -2.11. The van der Waals surface area contributed by atoms with Crippen LogP contribution >= 0.6 is 11.3 Å². The molecule has 2 aromatic rings. The Morgan fingerprint density at radius 2 is 2.12 bits per heavy atom. The highest BCUT2D eigenvalue weighted by atomic mass is 32.1. The van der Waals surface area contributed by atoms with Gasteiger partial charge in [0, 0.05) is 22.0 Å². The van der Waals surface area contributed by atoms with Crippen LogP contribution in [-0.4, -0.2) is 6.54 Å². The van der Waals surface area contributed by atoms with E-state index in [0.29, 0.717) is 0 Å². The largest absolute Gasteiger partial charge is 0.385 e. The van der Waals surface area contributed by atoms with Gasteiger partial charge in [0.15, 0.2) is 0 Å². The molecule has 0 saturated heterocycles. The second-order valence-electron chi connectivity index (χ2n) is 4.31. The summed E-state index contributed by atoms with van der Waals surface area (Å²) in [6.07, 6.45) is 2.46. The van der Waals surface area contributed by atoms with Crippen LogP contribution in [0.1, 0.15) is 16.9 Å². The van der Waals surface area contributed by atoms with Gasteiger partial charge in [-0.2, -0.15) is 0 Å². The third-order valence-electron chi connectivity index (χ3n) is 3.07. The van der Waals surface area contributed by atoms with E-state index in [0.717, 1.165) is 6.54 Å². The van der Waals surface area contributed by atoms with Crippen LogP contribution in [0.4, 0.5) is 5.69 Å². The van der Waals surface area contributed by atoms with E-state index < -0.39 is 0 Å². The molecule has 16 heavy (non-hydrogen) atoms. The van der Waals surface area contributed by atoms with E-state index >= 15 is 0 Å². The number of rotatable bonds is 1. The van der Waals surface area contributed by atoms with Crippen molar-refractivity contribution in [3.63, 3.8) is 0 Å². The molecule has 0 atom stereocenters. The molecule has 1 aromatic heterocycles. The molecule has 1 nitrogen and oxygen atoms in total. The number of benzene rings is 1. The van der Waals surface area contributed by atoms with Crippen LogP contribution < -0.4 is 5.32 Å². The third-order valence-corrected chi connectivity index (χ3v) is 4.12. The number of thiophene rings is 1. The van der Waals surface area contributed by atoms with Crippen molar-refractivity contribution < 1.29 is 0 Å². The SMILES string of the molecule is Cc1ccc(-c2ccc3c(c2)CCCN3)s1. The predicted octanol–water partition coefficient (Wildman–Crippen LogP) is 4.08. The Morgan fingerprint density at radius 1 is 1.19 bits per heavy atom. The summed E-state index contributed by atoms with van der Waals surface area (Å²) in [5, 5.41) is 3.45. The minimum absolute atomic E-state index is 1.12. The average Bonchev–Trinajstić information content (AvgIpc) is 2.75. The molecule has 0 bridgehead atoms. The van der Waals surface area contributed by atoms with Gasteiger partial charge in [-0.25, -0.2) is 0 Å². The Kier molecular flexibility index (Phi) is 2.44. The van der Waals surface area contributed by atoms with E-state index in [1.54, 1.807) is 0 Å². The van der Waals surface area contributed by atoms with Crippen molar-refractivity contribution in [2.45, 2.75) is 19.8 Å². The van der Waals surface area contributed by atoms with Crippen LogP contribution in [0.2, 0.25) is 0 Å². The van der Waals surface area contributed by atoms with Gasteiger partial charge < -0.3 is 5.32 Å². The molecule has 82 valence electrons. The quantitative estimate of drug-likeness (QED) is 0.777. The van der Waals surface area contributed by atoms with Gasteiger partial charge in [0.25, 0.3) is 0 Å². The van der Waals surface area contributed by atoms with Crippen LogP contribution in [0.3, 0.4) is 0 Å². The van der Waals surface area contributed by atoms with Gasteiger partial charge in [0.05, 0.1) is 0 Å². The monoisotopic (exact) mass is 229 g/mol. The summed E-state index contributed by atoms with van der Waals surface area (Å²) in [6.45, 7) is 3.28. The molecule has 3 rings (SSSR count). The van der Waals surface area contributed by atoms with Crippen LogP contribution in [0, 0.1) is 6.92 Å². The summed E-state index contributed by atoms with van der Waals surface area (Å²) in [4.78, 5) is 2.76. The highest BCUT2D eigenvalue weighted by Gasteiger charge is 2.09. The average molecular weight is 229 g/mol. The maximum absolute atomic E-state index is 3.45. The number of hydrogen-bond donors (Lipinski definition) is 1. The first-order chi connectivity index (χ1) is 7.83. The van der Waals surface area contributed by atoms with E-state index in [9.17, 15) is 0 Å². The Hall–Kier alpha value is -1.28. The molecular formula is C14H15NS. The first-order valence-corrected chi connectivity index (χ1v) is 6.58. The molecule has 0 fully saturated rings. The molecule has 1 aromatic carbocycles. The molecule has 2 heteroatoms. The zero-order valence-corrected chi connectivity index (χ0v) is 10.2. The van der Waals surface area contributed by atoms with Crippen LogP contribution in [-0.2, 0) is 6.42 Å². The second kappa shape index (κ2) is 3.95. The first-order valence-electron chi connectivity index (χ1n) is 5.76. The van der Waals surface area contributed by atoms with Crippen molar-refractivity contribution in [2.24, 2.45) is 0 Å². The molecular weight excluding hydrogens is 214 g/mol. The maximum atomic E-state index is 3.45. The lowest BCUT2D eigenvalue weighted by atomic mass is 10.0. The summed E-state index contributed by atoms with van der Waals surface area (Å²) < 4.78 is 0. The van der Waals surface area contributed by atoms with Gasteiger partial charge in [0.1, 0.15) is 0 Å². The first kappa shape index (κ1) is 9.91. The molecule has 2 heterocycles. The number of hydrogen-bond acceptors (Lipinski definition) is 2. The summed E-state index contributed by atoms with van der Waals surface area (Å²) in [6, 6.07) is 11.2. The summed E-state index contributed by atoms with van der Waals surface area (Å²) in [5.74, 6) is 0. The maximum Gasteiger partial charge on any atom is 0.0373 e. The van der Waals surface area contributed by atoms with Crippen molar-refractivity contribution in [1.29, 1.82) is 0 Å². The van der Waals surface area contributed by atoms with E-state index in [1.807, 2.05) is 11.3 Å². The number of fused-ring (bicyclic) bond motifs is 1. The minimum Gasteiger partial charge on any atom is -0.385 e. The molecule has 0 radical (unpaired) electrons. The van der Waals surface area contributed by atoms with Gasteiger partial charge in [-0.05, 0) is 55.2 Å². The summed E-state index contributed by atoms with van der Waals surface area (Å²) >= 11 is 1.87. The van der Waals surface area contributed by atoms with Gasteiger partial charge in [-0.1, -0.05) is 6.07 Å². The normalized spacial score (nSPS) is 14.3. The third kappa shape index (κ3) is 1.74. The molecule has 0 aliphatic carbocycles. The fraction of sp³-hybridized carbons (Fsp3) is 0.286. The molecule has 0 amide bonds. The summed E-state index contributed by atoms with van der Waals surface area (Å²) in [5.41, 5.74) is 4.15. The minimum atomic E-state index is 1.12. The van der Waals surface area contributed by atoms with Crippen LogP contribution in [0.5, 0.6) is 0 Å². The van der Waals surface area contributed by atoms with Crippen molar-refractivity contribution in [2.75, 3.05) is 11.9 Å². The number of anilines is 1. The smallest absolute Gasteiger partial charge is 0.0373 e. The Labute approximate surface area is 100 Å². The van der Waals surface area contributed by atoms with Crippen molar-refractivity contribution in [3.05, 3.63) is 40.8 Å². The molecule has 0 spiro atoms. The van der Waals surface area contributed by atoms with Crippen molar-refractivity contribution in [3.8, 4) is 10.4 Å².